The highest BCUT2D eigenvalue weighted by Gasteiger charge is 2.11. The molecule has 0 unspecified atom stereocenters. The summed E-state index contributed by atoms with van der Waals surface area (Å²) < 4.78 is 2.07. The smallest absolute Gasteiger partial charge is 0.0686 e. The first kappa shape index (κ1) is 15.4. The van der Waals surface area contributed by atoms with Crippen LogP contribution in [-0.2, 0) is 6.54 Å². The third-order valence-corrected chi connectivity index (χ3v) is 4.43. The highest BCUT2D eigenvalue weighted by Crippen LogP contribution is 2.20. The van der Waals surface area contributed by atoms with Crippen LogP contribution >= 0.6 is 31.9 Å². The average Bonchev–Trinajstić information content (AvgIpc) is 2.41. The zero-order chi connectivity index (χ0) is 13.7. The summed E-state index contributed by atoms with van der Waals surface area (Å²) in [6.07, 6.45) is 1.85. The van der Waals surface area contributed by atoms with Crippen molar-refractivity contribution in [3.05, 3.63) is 26.9 Å². The van der Waals surface area contributed by atoms with Crippen molar-refractivity contribution in [2.45, 2.75) is 6.54 Å². The second kappa shape index (κ2) is 7.69. The lowest BCUT2D eigenvalue weighted by molar-refractivity contribution is 0.201. The standard InChI is InChI=1S/C13H20Br2N4/c1-18(6-7-19-4-2-16-3-5-19)10-13-12(15)8-11(14)9-17-13/h8-9,16H,2-7,10H2,1H3. The topological polar surface area (TPSA) is 31.4 Å². The number of hydrogen-bond acceptors (Lipinski definition) is 4. The highest BCUT2D eigenvalue weighted by molar-refractivity contribution is 9.11. The van der Waals surface area contributed by atoms with Crippen LogP contribution in [0.1, 0.15) is 5.69 Å². The van der Waals surface area contributed by atoms with Crippen LogP contribution in [0, 0.1) is 0 Å². The maximum absolute atomic E-state index is 4.45. The summed E-state index contributed by atoms with van der Waals surface area (Å²) in [5.74, 6) is 0. The Kier molecular flexibility index (Phi) is 6.22. The first-order valence-electron chi connectivity index (χ1n) is 6.56. The first-order valence-corrected chi connectivity index (χ1v) is 8.15. The van der Waals surface area contributed by atoms with E-state index in [2.05, 4.69) is 59.0 Å². The zero-order valence-corrected chi connectivity index (χ0v) is 14.4. The predicted molar refractivity (Wildman–Crippen MR) is 85.3 cm³/mol. The summed E-state index contributed by atoms with van der Waals surface area (Å²) in [4.78, 5) is 9.29. The predicted octanol–water partition coefficient (Wildman–Crippen LogP) is 1.94. The Labute approximate surface area is 131 Å². The van der Waals surface area contributed by atoms with E-state index in [1.54, 1.807) is 0 Å². The Morgan fingerprint density at radius 2 is 2.11 bits per heavy atom. The summed E-state index contributed by atoms with van der Waals surface area (Å²) in [6, 6.07) is 2.05. The van der Waals surface area contributed by atoms with Gasteiger partial charge in [0.2, 0.25) is 0 Å². The molecule has 1 N–H and O–H groups in total. The minimum Gasteiger partial charge on any atom is -0.314 e. The number of piperazine rings is 1. The number of hydrogen-bond donors (Lipinski definition) is 1. The number of rotatable bonds is 5. The van der Waals surface area contributed by atoms with E-state index in [0.717, 1.165) is 60.5 Å². The molecule has 1 aromatic heterocycles. The van der Waals surface area contributed by atoms with Crippen molar-refractivity contribution in [2.75, 3.05) is 46.3 Å². The molecule has 0 aromatic carbocycles. The normalized spacial score (nSPS) is 17.1. The Hall–Kier alpha value is -0.0100. The molecular formula is C13H20Br2N4. The summed E-state index contributed by atoms with van der Waals surface area (Å²) >= 11 is 6.99. The van der Waals surface area contributed by atoms with Gasteiger partial charge in [0.15, 0.2) is 0 Å². The quantitative estimate of drug-likeness (QED) is 0.831. The summed E-state index contributed by atoms with van der Waals surface area (Å²) in [5, 5.41) is 3.38. The minimum absolute atomic E-state index is 0.875. The van der Waals surface area contributed by atoms with E-state index in [1.165, 1.54) is 0 Å². The molecule has 19 heavy (non-hydrogen) atoms. The molecule has 1 aromatic rings. The van der Waals surface area contributed by atoms with Crippen LogP contribution in [0.5, 0.6) is 0 Å². The molecule has 0 amide bonds. The lowest BCUT2D eigenvalue weighted by atomic mass is 10.3. The van der Waals surface area contributed by atoms with Crippen molar-refractivity contribution in [3.63, 3.8) is 0 Å². The van der Waals surface area contributed by atoms with Crippen LogP contribution in [0.3, 0.4) is 0 Å². The van der Waals surface area contributed by atoms with Crippen LogP contribution in [0.2, 0.25) is 0 Å². The average molecular weight is 392 g/mol. The van der Waals surface area contributed by atoms with Crippen LogP contribution in [0.15, 0.2) is 21.2 Å². The maximum atomic E-state index is 4.45. The van der Waals surface area contributed by atoms with Crippen LogP contribution < -0.4 is 5.32 Å². The molecule has 1 aliphatic heterocycles. The Balaban J connectivity index is 1.78. The van der Waals surface area contributed by atoms with Gasteiger partial charge in [-0.25, -0.2) is 0 Å². The van der Waals surface area contributed by atoms with Crippen LogP contribution in [-0.4, -0.2) is 61.1 Å². The lowest BCUT2D eigenvalue weighted by Crippen LogP contribution is -2.45. The van der Waals surface area contributed by atoms with E-state index in [1.807, 2.05) is 12.3 Å². The fourth-order valence-corrected chi connectivity index (χ4v) is 3.25. The third kappa shape index (κ3) is 5.11. The summed E-state index contributed by atoms with van der Waals surface area (Å²) in [6.45, 7) is 7.63. The number of nitrogens with zero attached hydrogens (tertiary/aromatic N) is 3. The molecule has 106 valence electrons. The molecule has 0 spiro atoms. The van der Waals surface area contributed by atoms with Crippen molar-refractivity contribution in [2.24, 2.45) is 0 Å². The molecule has 4 nitrogen and oxygen atoms in total. The van der Waals surface area contributed by atoms with Crippen molar-refractivity contribution in [1.29, 1.82) is 0 Å². The van der Waals surface area contributed by atoms with Gasteiger partial charge in [-0.2, -0.15) is 0 Å². The zero-order valence-electron chi connectivity index (χ0n) is 11.2. The molecule has 0 atom stereocenters. The van der Waals surface area contributed by atoms with E-state index in [9.17, 15) is 0 Å². The first-order chi connectivity index (χ1) is 9.15. The molecule has 0 bridgehead atoms. The second-order valence-electron chi connectivity index (χ2n) is 4.91. The SMILES string of the molecule is CN(CCN1CCNCC1)Cc1ncc(Br)cc1Br. The minimum atomic E-state index is 0.875. The van der Waals surface area contributed by atoms with Crippen LogP contribution in [0.4, 0.5) is 0 Å². The molecule has 1 fully saturated rings. The number of halogens is 2. The molecule has 1 saturated heterocycles. The molecule has 0 radical (unpaired) electrons. The van der Waals surface area contributed by atoms with Gasteiger partial charge in [0.05, 0.1) is 5.69 Å². The molecule has 2 rings (SSSR count). The van der Waals surface area contributed by atoms with Gasteiger partial charge in [0.1, 0.15) is 0 Å². The Bertz CT molecular complexity index is 408. The molecule has 2 heterocycles. The van der Waals surface area contributed by atoms with Gasteiger partial charge in [-0.3, -0.25) is 14.8 Å². The van der Waals surface area contributed by atoms with E-state index < -0.39 is 0 Å². The van der Waals surface area contributed by atoms with E-state index >= 15 is 0 Å². The number of pyridine rings is 1. The monoisotopic (exact) mass is 390 g/mol. The molecule has 6 heteroatoms. The van der Waals surface area contributed by atoms with Crippen molar-refractivity contribution in [3.8, 4) is 0 Å². The van der Waals surface area contributed by atoms with Crippen molar-refractivity contribution in [1.82, 2.24) is 20.1 Å². The van der Waals surface area contributed by atoms with Crippen molar-refractivity contribution < 1.29 is 0 Å². The molecule has 0 aliphatic carbocycles. The van der Waals surface area contributed by atoms with E-state index in [4.69, 9.17) is 0 Å². The van der Waals surface area contributed by atoms with Gasteiger partial charge in [0, 0.05) is 61.0 Å². The molecule has 1 aliphatic rings. The second-order valence-corrected chi connectivity index (χ2v) is 6.68. The van der Waals surface area contributed by atoms with Gasteiger partial charge >= 0.3 is 0 Å². The Morgan fingerprint density at radius 3 is 2.79 bits per heavy atom. The Morgan fingerprint density at radius 1 is 1.37 bits per heavy atom. The van der Waals surface area contributed by atoms with Gasteiger partial charge in [-0.15, -0.1) is 0 Å². The number of nitrogens with one attached hydrogen (secondary N) is 1. The number of aromatic nitrogens is 1. The van der Waals surface area contributed by atoms with Crippen molar-refractivity contribution >= 4 is 31.9 Å². The van der Waals surface area contributed by atoms with Gasteiger partial charge < -0.3 is 5.32 Å². The molecular weight excluding hydrogens is 372 g/mol. The fraction of sp³-hybridized carbons (Fsp3) is 0.615. The van der Waals surface area contributed by atoms with Gasteiger partial charge in [-0.05, 0) is 45.0 Å². The summed E-state index contributed by atoms with van der Waals surface area (Å²) in [5.41, 5.74) is 1.09. The fourth-order valence-electron chi connectivity index (χ4n) is 2.14. The van der Waals surface area contributed by atoms with Gasteiger partial charge in [-0.1, -0.05) is 0 Å². The molecule has 0 saturated carbocycles. The third-order valence-electron chi connectivity index (χ3n) is 3.31. The largest absolute Gasteiger partial charge is 0.314 e. The van der Waals surface area contributed by atoms with E-state index in [-0.39, 0.29) is 0 Å². The maximum Gasteiger partial charge on any atom is 0.0686 e. The lowest BCUT2D eigenvalue weighted by Gasteiger charge is -2.29. The van der Waals surface area contributed by atoms with E-state index in [0.29, 0.717) is 0 Å². The summed E-state index contributed by atoms with van der Waals surface area (Å²) in [7, 11) is 2.15. The van der Waals surface area contributed by atoms with Gasteiger partial charge in [0.25, 0.3) is 0 Å². The highest BCUT2D eigenvalue weighted by atomic mass is 79.9. The number of likely N-dealkylation sites (N-methyl/N-ethyl adjacent to an activating group) is 1. The van der Waals surface area contributed by atoms with Crippen LogP contribution in [0.25, 0.3) is 0 Å².